The monoisotopic (exact) mass is 329 g/mol. The van der Waals surface area contributed by atoms with Crippen LogP contribution in [0.1, 0.15) is 40.0 Å². The summed E-state index contributed by atoms with van der Waals surface area (Å²) < 4.78 is 5.00. The quantitative estimate of drug-likeness (QED) is 0.253. The van der Waals surface area contributed by atoms with Crippen molar-refractivity contribution in [3.05, 3.63) is 10.4 Å². The second-order valence-corrected chi connectivity index (χ2v) is 5.77. The highest BCUT2D eigenvalue weighted by Gasteiger charge is 2.23. The zero-order valence-corrected chi connectivity index (χ0v) is 13.5. The van der Waals surface area contributed by atoms with Crippen LogP contribution in [0.15, 0.2) is 5.11 Å². The number of nitrogens with zero attached hydrogens (tertiary/aromatic N) is 3. The molecule has 0 unspecified atom stereocenters. The second kappa shape index (κ2) is 10.3. The van der Waals surface area contributed by atoms with E-state index in [9.17, 15) is 14.4 Å². The third-order valence-corrected chi connectivity index (χ3v) is 2.51. The Kier molecular flexibility index (Phi) is 9.17. The number of rotatable bonds is 9. The number of carboxylic acids is 1. The summed E-state index contributed by atoms with van der Waals surface area (Å²) in [7, 11) is 0. The summed E-state index contributed by atoms with van der Waals surface area (Å²) in [6, 6.07) is -1.05. The molecule has 0 aromatic rings. The Labute approximate surface area is 134 Å². The number of amides is 2. The molecule has 0 heterocycles. The summed E-state index contributed by atoms with van der Waals surface area (Å²) in [6.45, 7) is 5.11. The van der Waals surface area contributed by atoms with E-state index in [1.54, 1.807) is 20.8 Å². The van der Waals surface area contributed by atoms with E-state index in [1.807, 2.05) is 0 Å². The fourth-order valence-electron chi connectivity index (χ4n) is 1.56. The Hall–Kier alpha value is -2.48. The Bertz CT molecular complexity index is 468. The van der Waals surface area contributed by atoms with Crippen LogP contribution in [0, 0.1) is 0 Å². The van der Waals surface area contributed by atoms with Gasteiger partial charge < -0.3 is 20.5 Å². The van der Waals surface area contributed by atoms with Crippen molar-refractivity contribution in [3.63, 3.8) is 0 Å². The molecule has 0 aliphatic rings. The SMILES string of the molecule is CC(C)(C)OC(=O)N[C@@H](CCCCNC(=O)CN=[N+]=[N-])C(=O)O. The summed E-state index contributed by atoms with van der Waals surface area (Å²) in [5.74, 6) is -1.55. The molecule has 0 fully saturated rings. The van der Waals surface area contributed by atoms with E-state index in [1.165, 1.54) is 0 Å². The number of carbonyl (C=O) groups is 3. The van der Waals surface area contributed by atoms with E-state index in [0.29, 0.717) is 19.4 Å². The van der Waals surface area contributed by atoms with Gasteiger partial charge in [-0.25, -0.2) is 9.59 Å². The van der Waals surface area contributed by atoms with Gasteiger partial charge in [0, 0.05) is 11.5 Å². The Morgan fingerprint density at radius 2 is 1.96 bits per heavy atom. The molecule has 3 N–H and O–H groups in total. The first-order valence-corrected chi connectivity index (χ1v) is 7.15. The van der Waals surface area contributed by atoms with Gasteiger partial charge >= 0.3 is 12.1 Å². The van der Waals surface area contributed by atoms with E-state index in [-0.39, 0.29) is 13.0 Å². The normalized spacial score (nSPS) is 11.8. The van der Waals surface area contributed by atoms with Crippen LogP contribution in [0.25, 0.3) is 10.4 Å². The fraction of sp³-hybridized carbons (Fsp3) is 0.769. The average Bonchev–Trinajstić information content (AvgIpc) is 2.41. The maximum Gasteiger partial charge on any atom is 0.408 e. The number of alkyl carbamates (subject to hydrolysis) is 1. The van der Waals surface area contributed by atoms with E-state index < -0.39 is 29.6 Å². The minimum atomic E-state index is -1.15. The number of azide groups is 1. The van der Waals surface area contributed by atoms with Crippen molar-refractivity contribution in [3.8, 4) is 0 Å². The van der Waals surface area contributed by atoms with Gasteiger partial charge in [0.1, 0.15) is 18.2 Å². The predicted octanol–water partition coefficient (Wildman–Crippen LogP) is 1.56. The van der Waals surface area contributed by atoms with Crippen LogP contribution in [0.2, 0.25) is 0 Å². The van der Waals surface area contributed by atoms with Crippen LogP contribution >= 0.6 is 0 Å². The molecule has 0 aliphatic heterocycles. The van der Waals surface area contributed by atoms with Crippen molar-refractivity contribution in [1.29, 1.82) is 0 Å². The molecule has 23 heavy (non-hydrogen) atoms. The number of aliphatic carboxylic acids is 1. The Balaban J connectivity index is 4.06. The number of carbonyl (C=O) groups excluding carboxylic acids is 2. The van der Waals surface area contributed by atoms with Crippen LogP contribution in [-0.4, -0.2) is 47.8 Å². The van der Waals surface area contributed by atoms with Crippen LogP contribution in [0.5, 0.6) is 0 Å². The molecule has 0 saturated heterocycles. The molecule has 0 aromatic heterocycles. The predicted molar refractivity (Wildman–Crippen MR) is 81.7 cm³/mol. The zero-order chi connectivity index (χ0) is 17.9. The zero-order valence-electron chi connectivity index (χ0n) is 13.5. The van der Waals surface area contributed by atoms with Crippen LogP contribution in [0.3, 0.4) is 0 Å². The van der Waals surface area contributed by atoms with E-state index >= 15 is 0 Å². The van der Waals surface area contributed by atoms with Gasteiger partial charge in [0.25, 0.3) is 0 Å². The summed E-state index contributed by atoms with van der Waals surface area (Å²) in [4.78, 5) is 36.3. The third-order valence-electron chi connectivity index (χ3n) is 2.51. The van der Waals surface area contributed by atoms with Gasteiger partial charge in [-0.1, -0.05) is 5.11 Å². The minimum Gasteiger partial charge on any atom is -0.480 e. The topological polar surface area (TPSA) is 153 Å². The van der Waals surface area contributed by atoms with Gasteiger partial charge in [0.15, 0.2) is 0 Å². The maximum atomic E-state index is 11.6. The van der Waals surface area contributed by atoms with E-state index in [4.69, 9.17) is 15.4 Å². The first-order valence-electron chi connectivity index (χ1n) is 7.15. The van der Waals surface area contributed by atoms with Crippen molar-refractivity contribution in [1.82, 2.24) is 10.6 Å². The fourth-order valence-corrected chi connectivity index (χ4v) is 1.56. The van der Waals surface area contributed by atoms with Crippen molar-refractivity contribution in [2.24, 2.45) is 5.11 Å². The van der Waals surface area contributed by atoms with Crippen molar-refractivity contribution in [2.75, 3.05) is 13.1 Å². The van der Waals surface area contributed by atoms with Gasteiger partial charge in [-0.2, -0.15) is 0 Å². The summed E-state index contributed by atoms with van der Waals surface area (Å²) in [6.07, 6.45) is 0.435. The molecule has 0 rings (SSSR count). The lowest BCUT2D eigenvalue weighted by Crippen LogP contribution is -2.43. The lowest BCUT2D eigenvalue weighted by Gasteiger charge is -2.22. The molecule has 0 aromatic carbocycles. The number of hydrogen-bond donors (Lipinski definition) is 3. The molecule has 0 radical (unpaired) electrons. The maximum absolute atomic E-state index is 11.6. The van der Waals surface area contributed by atoms with E-state index in [2.05, 4.69) is 20.7 Å². The molecule has 0 bridgehead atoms. The number of carboxylic acid groups (broad SMARTS) is 1. The molecular weight excluding hydrogens is 306 g/mol. The standard InChI is InChI=1S/C13H23N5O5/c1-13(2,3)23-12(22)17-9(11(20)21)6-4-5-7-15-10(19)8-16-18-14/h9H,4-8H2,1-3H3,(H,15,19)(H,17,22)(H,20,21)/t9-/m0/s1. The Morgan fingerprint density at radius 3 is 2.48 bits per heavy atom. The molecule has 0 spiro atoms. The number of unbranched alkanes of at least 4 members (excludes halogenated alkanes) is 1. The lowest BCUT2D eigenvalue weighted by molar-refractivity contribution is -0.139. The van der Waals surface area contributed by atoms with Crippen LogP contribution < -0.4 is 10.6 Å². The van der Waals surface area contributed by atoms with Crippen molar-refractivity contribution < 1.29 is 24.2 Å². The summed E-state index contributed by atoms with van der Waals surface area (Å²) in [5.41, 5.74) is 7.35. The highest BCUT2D eigenvalue weighted by molar-refractivity contribution is 5.80. The number of ether oxygens (including phenoxy) is 1. The van der Waals surface area contributed by atoms with Crippen LogP contribution in [-0.2, 0) is 14.3 Å². The minimum absolute atomic E-state index is 0.209. The van der Waals surface area contributed by atoms with Gasteiger partial charge in [0.2, 0.25) is 5.91 Å². The molecular formula is C13H23N5O5. The number of hydrogen-bond acceptors (Lipinski definition) is 5. The van der Waals surface area contributed by atoms with Gasteiger partial charge in [-0.15, -0.1) is 0 Å². The molecule has 1 atom stereocenters. The molecule has 130 valence electrons. The highest BCUT2D eigenvalue weighted by atomic mass is 16.6. The molecule has 10 heteroatoms. The molecule has 0 saturated carbocycles. The van der Waals surface area contributed by atoms with Crippen molar-refractivity contribution in [2.45, 2.75) is 51.7 Å². The summed E-state index contributed by atoms with van der Waals surface area (Å²) >= 11 is 0. The molecule has 0 aliphatic carbocycles. The molecule has 10 nitrogen and oxygen atoms in total. The lowest BCUT2D eigenvalue weighted by atomic mass is 10.1. The smallest absolute Gasteiger partial charge is 0.408 e. The van der Waals surface area contributed by atoms with Gasteiger partial charge in [0.05, 0.1) is 0 Å². The first kappa shape index (κ1) is 20.5. The average molecular weight is 329 g/mol. The Morgan fingerprint density at radius 1 is 1.30 bits per heavy atom. The highest BCUT2D eigenvalue weighted by Crippen LogP contribution is 2.08. The third kappa shape index (κ3) is 11.8. The van der Waals surface area contributed by atoms with Gasteiger partial charge in [-0.05, 0) is 45.6 Å². The van der Waals surface area contributed by atoms with Crippen molar-refractivity contribution >= 4 is 18.0 Å². The van der Waals surface area contributed by atoms with Gasteiger partial charge in [-0.3, -0.25) is 4.79 Å². The molecule has 2 amide bonds. The summed E-state index contributed by atoms with van der Waals surface area (Å²) in [5, 5.41) is 17.0. The first-order chi connectivity index (χ1) is 10.7. The second-order valence-electron chi connectivity index (χ2n) is 5.77. The van der Waals surface area contributed by atoms with Crippen LogP contribution in [0.4, 0.5) is 4.79 Å². The number of nitrogens with one attached hydrogen (secondary N) is 2. The largest absolute Gasteiger partial charge is 0.480 e. The van der Waals surface area contributed by atoms with E-state index in [0.717, 1.165) is 0 Å².